The van der Waals surface area contributed by atoms with Gasteiger partial charge in [0.05, 0.1) is 6.54 Å². The molecule has 0 saturated heterocycles. The molecule has 7 heteroatoms. The Hall–Kier alpha value is -1.70. The Bertz CT molecular complexity index is 668. The number of sulfonamides is 1. The van der Waals surface area contributed by atoms with Crippen LogP contribution < -0.4 is 5.32 Å². The highest BCUT2D eigenvalue weighted by Crippen LogP contribution is 2.19. The topological polar surface area (TPSA) is 75.4 Å². The number of aromatic nitrogens is 1. The molecule has 114 valence electrons. The van der Waals surface area contributed by atoms with Crippen LogP contribution in [0.2, 0.25) is 0 Å². The summed E-state index contributed by atoms with van der Waals surface area (Å²) in [5, 5.41) is 3.05. The Balaban J connectivity index is 2.11. The summed E-state index contributed by atoms with van der Waals surface area (Å²) in [5.41, 5.74) is 0.822. The predicted octanol–water partition coefficient (Wildman–Crippen LogP) is 1.60. The average molecular weight is 309 g/mol. The van der Waals surface area contributed by atoms with Gasteiger partial charge in [0, 0.05) is 26.0 Å². The third-order valence-corrected chi connectivity index (χ3v) is 4.66. The largest absolute Gasteiger partial charge is 0.447 e. The van der Waals surface area contributed by atoms with E-state index in [4.69, 9.17) is 4.42 Å². The summed E-state index contributed by atoms with van der Waals surface area (Å²) in [4.78, 5) is 3.98. The van der Waals surface area contributed by atoms with Crippen LogP contribution in [-0.4, -0.2) is 31.3 Å². The molecule has 0 spiro atoms. The summed E-state index contributed by atoms with van der Waals surface area (Å²) in [6, 6.07) is 6.77. The number of nitrogens with one attached hydrogen (secondary N) is 1. The third kappa shape index (κ3) is 3.90. The van der Waals surface area contributed by atoms with Gasteiger partial charge in [0.1, 0.15) is 5.76 Å². The molecule has 0 bridgehead atoms. The Morgan fingerprint density at radius 2 is 2.14 bits per heavy atom. The smallest absolute Gasteiger partial charge is 0.276 e. The van der Waals surface area contributed by atoms with Crippen molar-refractivity contribution in [2.45, 2.75) is 25.1 Å². The van der Waals surface area contributed by atoms with Crippen molar-refractivity contribution in [3.05, 3.63) is 48.0 Å². The van der Waals surface area contributed by atoms with E-state index in [1.54, 1.807) is 24.5 Å². The maximum Gasteiger partial charge on any atom is 0.276 e. The first-order chi connectivity index (χ1) is 10.0. The Morgan fingerprint density at radius 1 is 1.33 bits per heavy atom. The van der Waals surface area contributed by atoms with Gasteiger partial charge >= 0.3 is 0 Å². The van der Waals surface area contributed by atoms with Gasteiger partial charge in [-0.15, -0.1) is 0 Å². The number of nitrogens with zero attached hydrogens (tertiary/aromatic N) is 2. The summed E-state index contributed by atoms with van der Waals surface area (Å²) < 4.78 is 31.5. The molecule has 0 unspecified atom stereocenters. The van der Waals surface area contributed by atoms with Crippen LogP contribution >= 0.6 is 0 Å². The maximum atomic E-state index is 12.4. The molecular formula is C14H19N3O3S. The van der Waals surface area contributed by atoms with E-state index in [2.05, 4.69) is 10.3 Å². The van der Waals surface area contributed by atoms with Gasteiger partial charge in [-0.2, -0.15) is 4.31 Å². The zero-order chi connectivity index (χ0) is 15.3. The summed E-state index contributed by atoms with van der Waals surface area (Å²) in [6.07, 6.45) is 3.29. The zero-order valence-electron chi connectivity index (χ0n) is 12.1. The molecule has 21 heavy (non-hydrogen) atoms. The second kappa shape index (κ2) is 6.84. The van der Waals surface area contributed by atoms with E-state index in [9.17, 15) is 8.42 Å². The lowest BCUT2D eigenvalue weighted by molar-refractivity contribution is 0.380. The van der Waals surface area contributed by atoms with Crippen molar-refractivity contribution in [3.8, 4) is 0 Å². The van der Waals surface area contributed by atoms with Crippen LogP contribution in [0.4, 0.5) is 0 Å². The molecule has 0 amide bonds. The van der Waals surface area contributed by atoms with Gasteiger partial charge in [0.15, 0.2) is 0 Å². The standard InChI is InChI=1S/C14H19N3O3S/c1-3-15-10-13-6-7-14(20-13)21(18,19)17(2)11-12-5-4-8-16-9-12/h4-9,15H,3,10-11H2,1-2H3. The number of hydrogen-bond acceptors (Lipinski definition) is 5. The minimum atomic E-state index is -3.63. The highest BCUT2D eigenvalue weighted by molar-refractivity contribution is 7.88. The molecule has 0 atom stereocenters. The monoisotopic (exact) mass is 309 g/mol. The average Bonchev–Trinajstić information content (AvgIpc) is 2.95. The van der Waals surface area contributed by atoms with Crippen molar-refractivity contribution in [2.24, 2.45) is 0 Å². The summed E-state index contributed by atoms with van der Waals surface area (Å²) in [7, 11) is -2.11. The van der Waals surface area contributed by atoms with Crippen molar-refractivity contribution in [3.63, 3.8) is 0 Å². The fraction of sp³-hybridized carbons (Fsp3) is 0.357. The van der Waals surface area contributed by atoms with Gasteiger partial charge in [-0.05, 0) is 30.3 Å². The zero-order valence-corrected chi connectivity index (χ0v) is 12.9. The van der Waals surface area contributed by atoms with Crippen LogP contribution in [-0.2, 0) is 23.1 Å². The molecule has 1 N–H and O–H groups in total. The number of pyridine rings is 1. The highest BCUT2D eigenvalue weighted by Gasteiger charge is 2.24. The molecule has 2 heterocycles. The number of hydrogen-bond donors (Lipinski definition) is 1. The van der Waals surface area contributed by atoms with Gasteiger partial charge < -0.3 is 9.73 Å². The van der Waals surface area contributed by atoms with Crippen LogP contribution in [0.15, 0.2) is 46.2 Å². The summed E-state index contributed by atoms with van der Waals surface area (Å²) in [6.45, 7) is 3.53. The molecule has 0 aliphatic heterocycles. The second-order valence-electron chi connectivity index (χ2n) is 4.62. The molecular weight excluding hydrogens is 290 g/mol. The Kier molecular flexibility index (Phi) is 5.11. The van der Waals surface area contributed by atoms with E-state index in [-0.39, 0.29) is 11.6 Å². The van der Waals surface area contributed by atoms with Crippen LogP contribution in [0.25, 0.3) is 0 Å². The molecule has 0 saturated carbocycles. The van der Waals surface area contributed by atoms with Crippen molar-refractivity contribution >= 4 is 10.0 Å². The van der Waals surface area contributed by atoms with Crippen LogP contribution in [0.5, 0.6) is 0 Å². The first-order valence-corrected chi connectivity index (χ1v) is 8.12. The SMILES string of the molecule is CCNCc1ccc(S(=O)(=O)N(C)Cc2cccnc2)o1. The Morgan fingerprint density at radius 3 is 2.81 bits per heavy atom. The molecule has 0 fully saturated rings. The lowest BCUT2D eigenvalue weighted by atomic mass is 10.3. The molecule has 0 radical (unpaired) electrons. The molecule has 0 aliphatic carbocycles. The Labute approximate surface area is 124 Å². The van der Waals surface area contributed by atoms with Crippen molar-refractivity contribution in [2.75, 3.05) is 13.6 Å². The van der Waals surface area contributed by atoms with Crippen LogP contribution in [0.3, 0.4) is 0 Å². The summed E-state index contributed by atoms with van der Waals surface area (Å²) in [5.74, 6) is 0.602. The van der Waals surface area contributed by atoms with E-state index in [0.717, 1.165) is 12.1 Å². The fourth-order valence-corrected chi connectivity index (χ4v) is 2.91. The minimum absolute atomic E-state index is 0.0400. The van der Waals surface area contributed by atoms with Crippen LogP contribution in [0, 0.1) is 0 Å². The fourth-order valence-electron chi connectivity index (χ4n) is 1.83. The molecule has 6 nitrogen and oxygen atoms in total. The highest BCUT2D eigenvalue weighted by atomic mass is 32.2. The van der Waals surface area contributed by atoms with Gasteiger partial charge in [-0.25, -0.2) is 8.42 Å². The third-order valence-electron chi connectivity index (χ3n) is 2.98. The van der Waals surface area contributed by atoms with Crippen molar-refractivity contribution < 1.29 is 12.8 Å². The molecule has 2 aromatic heterocycles. The normalized spacial score (nSPS) is 12.0. The van der Waals surface area contributed by atoms with Gasteiger partial charge in [-0.1, -0.05) is 13.0 Å². The molecule has 2 aromatic rings. The molecule has 0 aliphatic rings. The van der Waals surface area contributed by atoms with E-state index < -0.39 is 10.0 Å². The van der Waals surface area contributed by atoms with Crippen molar-refractivity contribution in [1.82, 2.24) is 14.6 Å². The predicted molar refractivity (Wildman–Crippen MR) is 79.0 cm³/mol. The van der Waals surface area contributed by atoms with E-state index in [1.165, 1.54) is 17.4 Å². The quantitative estimate of drug-likeness (QED) is 0.841. The maximum absolute atomic E-state index is 12.4. The second-order valence-corrected chi connectivity index (χ2v) is 6.60. The summed E-state index contributed by atoms with van der Waals surface area (Å²) >= 11 is 0. The van der Waals surface area contributed by atoms with Gasteiger partial charge in [0.2, 0.25) is 5.09 Å². The van der Waals surface area contributed by atoms with E-state index in [0.29, 0.717) is 12.3 Å². The first-order valence-electron chi connectivity index (χ1n) is 6.68. The molecule has 0 aromatic carbocycles. The lowest BCUT2D eigenvalue weighted by Gasteiger charge is -2.15. The van der Waals surface area contributed by atoms with Gasteiger partial charge in [0.25, 0.3) is 10.0 Å². The first kappa shape index (κ1) is 15.7. The van der Waals surface area contributed by atoms with E-state index >= 15 is 0 Å². The molecule has 2 rings (SSSR count). The number of rotatable bonds is 7. The van der Waals surface area contributed by atoms with Crippen molar-refractivity contribution in [1.29, 1.82) is 0 Å². The number of furan rings is 1. The lowest BCUT2D eigenvalue weighted by Crippen LogP contribution is -2.26. The van der Waals surface area contributed by atoms with E-state index in [1.807, 2.05) is 13.0 Å². The van der Waals surface area contributed by atoms with Crippen LogP contribution in [0.1, 0.15) is 18.2 Å². The van der Waals surface area contributed by atoms with Gasteiger partial charge in [-0.3, -0.25) is 4.98 Å². The minimum Gasteiger partial charge on any atom is -0.447 e.